The number of aryl methyl sites for hydroxylation is 1. The van der Waals surface area contributed by atoms with E-state index in [0.29, 0.717) is 17.4 Å². The smallest absolute Gasteiger partial charge is 0.252 e. The largest absolute Gasteiger partial charge is 0.311 e. The molecule has 3 heteroatoms. The molecule has 0 aromatic heterocycles. The van der Waals surface area contributed by atoms with Crippen molar-refractivity contribution in [2.45, 2.75) is 143 Å². The lowest BCUT2D eigenvalue weighted by Gasteiger charge is -2.46. The Morgan fingerprint density at radius 2 is 1.00 bits per heavy atom. The van der Waals surface area contributed by atoms with Crippen LogP contribution in [0.5, 0.6) is 0 Å². The maximum atomic E-state index is 8.98. The molecule has 2 heterocycles. The van der Waals surface area contributed by atoms with Gasteiger partial charge in [0.15, 0.2) is 0 Å². The van der Waals surface area contributed by atoms with E-state index in [4.69, 9.17) is 4.11 Å². The number of hydrogen-bond acceptors (Lipinski definition) is 2. The van der Waals surface area contributed by atoms with Crippen LogP contribution < -0.4 is 26.2 Å². The highest BCUT2D eigenvalue weighted by molar-refractivity contribution is 7.00. The van der Waals surface area contributed by atoms with Crippen molar-refractivity contribution in [3.05, 3.63) is 124 Å². The normalized spacial score (nSPS) is 21.2. The Bertz CT molecular complexity index is 2500. The molecule has 0 radical (unpaired) electrons. The third-order valence-electron chi connectivity index (χ3n) is 14.1. The highest BCUT2D eigenvalue weighted by Gasteiger charge is 2.46. The first-order valence-corrected chi connectivity index (χ1v) is 21.7. The van der Waals surface area contributed by atoms with Crippen molar-refractivity contribution in [3.63, 3.8) is 0 Å². The van der Waals surface area contributed by atoms with Gasteiger partial charge in [-0.25, -0.2) is 0 Å². The van der Waals surface area contributed by atoms with Gasteiger partial charge < -0.3 is 9.80 Å². The maximum Gasteiger partial charge on any atom is 0.252 e. The summed E-state index contributed by atoms with van der Waals surface area (Å²) in [4.78, 5) is 4.87. The van der Waals surface area contributed by atoms with Crippen LogP contribution in [-0.4, -0.2) is 6.71 Å². The molecule has 2 nitrogen and oxygen atoms in total. The molecule has 0 N–H and O–H groups in total. The van der Waals surface area contributed by atoms with Crippen LogP contribution in [0.2, 0.25) is 0 Å². The molecule has 9 rings (SSSR count). The molecule has 294 valence electrons. The third kappa shape index (κ3) is 6.38. The Morgan fingerprint density at radius 3 is 1.49 bits per heavy atom. The van der Waals surface area contributed by atoms with Crippen LogP contribution in [-0.2, 0) is 21.7 Å². The van der Waals surface area contributed by atoms with Gasteiger partial charge in [-0.2, -0.15) is 0 Å². The molecule has 2 aliphatic carbocycles. The van der Waals surface area contributed by atoms with Gasteiger partial charge in [0.2, 0.25) is 0 Å². The topological polar surface area (TPSA) is 6.48 Å². The molecule has 0 spiro atoms. The Labute approximate surface area is 349 Å². The van der Waals surface area contributed by atoms with E-state index in [9.17, 15) is 0 Å². The van der Waals surface area contributed by atoms with Crippen LogP contribution in [0.25, 0.3) is 0 Å². The Hall–Kier alpha value is -4.24. The molecule has 2 fully saturated rings. The van der Waals surface area contributed by atoms with Gasteiger partial charge >= 0.3 is 0 Å². The lowest BCUT2D eigenvalue weighted by molar-refractivity contribution is 0.419. The van der Waals surface area contributed by atoms with Crippen LogP contribution in [0, 0.1) is 18.7 Å². The lowest BCUT2D eigenvalue weighted by atomic mass is 9.33. The van der Waals surface area contributed by atoms with Crippen molar-refractivity contribution in [2.75, 3.05) is 9.80 Å². The summed E-state index contributed by atoms with van der Waals surface area (Å²) in [6.07, 6.45) is 5.18. The summed E-state index contributed by atoms with van der Waals surface area (Å²) in [5.41, 5.74) is 17.0. The second kappa shape index (κ2) is 12.9. The number of nitrogens with zero attached hydrogens (tertiary/aromatic N) is 2. The first-order valence-electron chi connectivity index (χ1n) is 23.2. The quantitative estimate of drug-likeness (QED) is 0.166. The average molecular weight is 756 g/mol. The number of benzene rings is 5. The van der Waals surface area contributed by atoms with Gasteiger partial charge in [-0.15, -0.1) is 0 Å². The predicted molar refractivity (Wildman–Crippen MR) is 248 cm³/mol. The fourth-order valence-electron chi connectivity index (χ4n) is 10.7. The molecule has 5 aromatic rings. The summed E-state index contributed by atoms with van der Waals surface area (Å²) in [7, 11) is 0. The van der Waals surface area contributed by atoms with Gasteiger partial charge in [-0.05, 0) is 158 Å². The molecular formula is C54H65BN2. The van der Waals surface area contributed by atoms with Gasteiger partial charge in [0, 0.05) is 38.2 Å². The fraction of sp³-hybridized carbons (Fsp3) is 0.444. The second-order valence-corrected chi connectivity index (χ2v) is 22.2. The zero-order valence-corrected chi connectivity index (χ0v) is 36.7. The Kier molecular flexibility index (Phi) is 7.86. The number of rotatable bonds is 3. The van der Waals surface area contributed by atoms with Crippen LogP contribution >= 0.6 is 0 Å². The summed E-state index contributed by atoms with van der Waals surface area (Å²) in [6.45, 7) is 25.1. The van der Waals surface area contributed by atoms with Crippen molar-refractivity contribution >= 4 is 57.2 Å². The summed E-state index contributed by atoms with van der Waals surface area (Å²) in [6, 6.07) is 34.5. The minimum atomic E-state index is -2.31. The van der Waals surface area contributed by atoms with Gasteiger partial charge in [0.1, 0.15) is 0 Å². The summed E-state index contributed by atoms with van der Waals surface area (Å²) in [5.74, 6) is 1.95. The van der Waals surface area contributed by atoms with Crippen molar-refractivity contribution in [1.29, 1.82) is 0 Å². The number of anilines is 6. The van der Waals surface area contributed by atoms with Crippen LogP contribution in [0.4, 0.5) is 34.1 Å². The molecule has 3 atom stereocenters. The summed E-state index contributed by atoms with van der Waals surface area (Å²) >= 11 is 0. The molecule has 0 amide bonds. The van der Waals surface area contributed by atoms with Crippen molar-refractivity contribution in [3.8, 4) is 0 Å². The van der Waals surface area contributed by atoms with E-state index >= 15 is 0 Å². The molecule has 3 unspecified atom stereocenters. The monoisotopic (exact) mass is 756 g/mol. The standard InChI is InChI=1S/C54H65BN2/c1-33-26-48-50-49(27-33)57(45-23-18-37(52(5,6)7)30-42(45)41-29-34-14-15-35(41)28-34)47-25-20-39(54(11,12)13)32-44(47)55(50)43-31-38(53(8,9)10)19-24-46(43)56(48)40-21-16-36(17-22-40)51(2,3)4/h16-27,30-32,34-35,41H,14-15,28-29H2,1-13H3/i1D3. The first-order chi connectivity index (χ1) is 27.9. The lowest BCUT2D eigenvalue weighted by Crippen LogP contribution is -2.61. The Morgan fingerprint density at radius 1 is 0.509 bits per heavy atom. The molecule has 0 saturated heterocycles. The van der Waals surface area contributed by atoms with E-state index in [-0.39, 0.29) is 28.4 Å². The van der Waals surface area contributed by atoms with Crippen LogP contribution in [0.3, 0.4) is 0 Å². The molecule has 5 aromatic carbocycles. The van der Waals surface area contributed by atoms with Crippen LogP contribution in [0.15, 0.2) is 91.0 Å². The Balaban J connectivity index is 1.40. The number of fused-ring (bicyclic) bond motifs is 6. The molecule has 4 aliphatic rings. The molecule has 2 saturated carbocycles. The molecular weight excluding hydrogens is 687 g/mol. The average Bonchev–Trinajstić information content (AvgIpc) is 3.80. The summed E-state index contributed by atoms with van der Waals surface area (Å²) in [5, 5.41) is 0. The van der Waals surface area contributed by atoms with Crippen molar-refractivity contribution < 1.29 is 4.11 Å². The maximum absolute atomic E-state index is 8.98. The van der Waals surface area contributed by atoms with E-state index < -0.39 is 6.85 Å². The minimum Gasteiger partial charge on any atom is -0.311 e. The van der Waals surface area contributed by atoms with Gasteiger partial charge in [0.05, 0.1) is 0 Å². The van der Waals surface area contributed by atoms with Crippen LogP contribution in [0.1, 0.15) is 152 Å². The third-order valence-corrected chi connectivity index (χ3v) is 14.1. The molecule has 57 heavy (non-hydrogen) atoms. The van der Waals surface area contributed by atoms with E-state index in [1.165, 1.54) is 75.6 Å². The second-order valence-electron chi connectivity index (χ2n) is 22.2. The SMILES string of the molecule is [2H]C([2H])([2H])c1cc2c3c(c1)N(c1ccc(C(C)(C)C)cc1C1CC4CCC1C4)c1ccc(C(C)(C)C)cc1B3c1cc(C(C)(C)C)ccc1N2c1ccc(C(C)(C)C)cc1. The fourth-order valence-corrected chi connectivity index (χ4v) is 10.7. The van der Waals surface area contributed by atoms with Gasteiger partial charge in [-0.3, -0.25) is 0 Å². The molecule has 2 aliphatic heterocycles. The zero-order valence-electron chi connectivity index (χ0n) is 39.7. The summed E-state index contributed by atoms with van der Waals surface area (Å²) < 4.78 is 26.9. The number of hydrogen-bond donors (Lipinski definition) is 0. The van der Waals surface area contributed by atoms with E-state index in [1.807, 2.05) is 12.1 Å². The first kappa shape index (κ1) is 34.8. The molecule has 2 bridgehead atoms. The zero-order chi connectivity index (χ0) is 43.1. The van der Waals surface area contributed by atoms with Crippen molar-refractivity contribution in [2.24, 2.45) is 11.8 Å². The van der Waals surface area contributed by atoms with E-state index in [1.54, 1.807) is 0 Å². The van der Waals surface area contributed by atoms with Gasteiger partial charge in [0.25, 0.3) is 6.71 Å². The highest BCUT2D eigenvalue weighted by Crippen LogP contribution is 2.56. The van der Waals surface area contributed by atoms with Crippen molar-refractivity contribution in [1.82, 2.24) is 0 Å². The van der Waals surface area contributed by atoms with Gasteiger partial charge in [-0.1, -0.05) is 138 Å². The predicted octanol–water partition coefficient (Wildman–Crippen LogP) is 13.2. The van der Waals surface area contributed by atoms with E-state index in [0.717, 1.165) is 34.4 Å². The van der Waals surface area contributed by atoms with E-state index in [2.05, 4.69) is 172 Å². The highest BCUT2D eigenvalue weighted by atomic mass is 15.2. The minimum absolute atomic E-state index is 0.000578.